The Hall–Kier alpha value is -0.0800. The van der Waals surface area contributed by atoms with Crippen molar-refractivity contribution in [3.63, 3.8) is 0 Å². The summed E-state index contributed by atoms with van der Waals surface area (Å²) in [7, 11) is 0. The Labute approximate surface area is 61.5 Å². The topological polar surface area (TPSA) is 18.5 Å². The van der Waals surface area contributed by atoms with Crippen LogP contribution >= 0.6 is 0 Å². The molecule has 0 spiro atoms. The molecule has 2 saturated heterocycles. The Bertz CT molecular complexity index is 122. The Kier molecular flexibility index (Phi) is 1.66. The van der Waals surface area contributed by atoms with Gasteiger partial charge in [-0.05, 0) is 18.8 Å². The van der Waals surface area contributed by atoms with Crippen LogP contribution in [0.3, 0.4) is 0 Å². The minimum absolute atomic E-state index is 0.142. The van der Waals surface area contributed by atoms with E-state index >= 15 is 0 Å². The standard InChI is InChI=1S/C8H14O2/c1-6-5-10-8-7(6)3-2-4-9-8/h6-8H,2-5H2,1H3/t6-,7-,8+/m0/s1. The average Bonchev–Trinajstić information content (AvgIpc) is 2.34. The van der Waals surface area contributed by atoms with Gasteiger partial charge < -0.3 is 9.47 Å². The van der Waals surface area contributed by atoms with Crippen LogP contribution in [0.25, 0.3) is 0 Å². The number of fused-ring (bicyclic) bond motifs is 1. The summed E-state index contributed by atoms with van der Waals surface area (Å²) in [6.07, 6.45) is 2.66. The highest BCUT2D eigenvalue weighted by molar-refractivity contribution is 4.78. The second-order valence-electron chi connectivity index (χ2n) is 3.36. The average molecular weight is 142 g/mol. The summed E-state index contributed by atoms with van der Waals surface area (Å²) in [5.74, 6) is 1.40. The zero-order chi connectivity index (χ0) is 6.97. The van der Waals surface area contributed by atoms with Gasteiger partial charge in [-0.1, -0.05) is 6.92 Å². The van der Waals surface area contributed by atoms with E-state index in [0.29, 0.717) is 11.8 Å². The molecule has 0 aliphatic carbocycles. The highest BCUT2D eigenvalue weighted by Crippen LogP contribution is 2.34. The molecule has 2 rings (SSSR count). The van der Waals surface area contributed by atoms with Gasteiger partial charge in [-0.2, -0.15) is 0 Å². The minimum Gasteiger partial charge on any atom is -0.352 e. The summed E-state index contributed by atoms with van der Waals surface area (Å²) in [6.45, 7) is 4.04. The van der Waals surface area contributed by atoms with E-state index in [2.05, 4.69) is 6.92 Å². The highest BCUT2D eigenvalue weighted by Gasteiger charge is 2.36. The third kappa shape index (κ3) is 0.956. The maximum absolute atomic E-state index is 5.45. The normalized spacial score (nSPS) is 47.1. The van der Waals surface area contributed by atoms with Crippen molar-refractivity contribution in [2.45, 2.75) is 26.1 Å². The zero-order valence-electron chi connectivity index (χ0n) is 6.38. The summed E-state index contributed by atoms with van der Waals surface area (Å²) in [6, 6.07) is 0. The summed E-state index contributed by atoms with van der Waals surface area (Å²) in [4.78, 5) is 0. The molecule has 0 aromatic heterocycles. The van der Waals surface area contributed by atoms with Crippen molar-refractivity contribution < 1.29 is 9.47 Å². The summed E-state index contributed by atoms with van der Waals surface area (Å²) in [5.41, 5.74) is 0. The summed E-state index contributed by atoms with van der Waals surface area (Å²) < 4.78 is 10.9. The predicted molar refractivity (Wildman–Crippen MR) is 37.6 cm³/mol. The number of hydrogen-bond acceptors (Lipinski definition) is 2. The van der Waals surface area contributed by atoms with E-state index in [9.17, 15) is 0 Å². The van der Waals surface area contributed by atoms with E-state index < -0.39 is 0 Å². The van der Waals surface area contributed by atoms with Crippen LogP contribution < -0.4 is 0 Å². The first-order chi connectivity index (χ1) is 4.88. The molecule has 58 valence electrons. The molecule has 0 radical (unpaired) electrons. The fourth-order valence-electron chi connectivity index (χ4n) is 1.87. The Morgan fingerprint density at radius 1 is 1.30 bits per heavy atom. The number of ether oxygens (including phenoxy) is 2. The molecule has 2 fully saturated rings. The maximum Gasteiger partial charge on any atom is 0.160 e. The van der Waals surface area contributed by atoms with Crippen molar-refractivity contribution in [1.82, 2.24) is 0 Å². The summed E-state index contributed by atoms with van der Waals surface area (Å²) in [5, 5.41) is 0. The van der Waals surface area contributed by atoms with Crippen molar-refractivity contribution in [2.75, 3.05) is 13.2 Å². The van der Waals surface area contributed by atoms with Gasteiger partial charge in [-0.25, -0.2) is 0 Å². The molecule has 3 atom stereocenters. The second kappa shape index (κ2) is 2.51. The van der Waals surface area contributed by atoms with Crippen LogP contribution in [0.5, 0.6) is 0 Å². The SMILES string of the molecule is C[C@H]1CO[C@H]2OCCC[C@H]21. The van der Waals surface area contributed by atoms with Crippen LogP contribution in [0.1, 0.15) is 19.8 Å². The zero-order valence-corrected chi connectivity index (χ0v) is 6.38. The van der Waals surface area contributed by atoms with Crippen LogP contribution in [-0.2, 0) is 9.47 Å². The third-order valence-electron chi connectivity index (χ3n) is 2.57. The van der Waals surface area contributed by atoms with Gasteiger partial charge in [0.25, 0.3) is 0 Å². The van der Waals surface area contributed by atoms with Crippen molar-refractivity contribution in [1.29, 1.82) is 0 Å². The maximum atomic E-state index is 5.45. The van der Waals surface area contributed by atoms with Crippen molar-refractivity contribution >= 4 is 0 Å². The molecule has 0 saturated carbocycles. The van der Waals surface area contributed by atoms with Gasteiger partial charge in [0.05, 0.1) is 6.61 Å². The smallest absolute Gasteiger partial charge is 0.160 e. The molecular weight excluding hydrogens is 128 g/mol. The molecule has 0 N–H and O–H groups in total. The quantitative estimate of drug-likeness (QED) is 0.509. The number of rotatable bonds is 0. The van der Waals surface area contributed by atoms with Gasteiger partial charge in [0.15, 0.2) is 6.29 Å². The van der Waals surface area contributed by atoms with Gasteiger partial charge >= 0.3 is 0 Å². The van der Waals surface area contributed by atoms with Gasteiger partial charge in [-0.3, -0.25) is 0 Å². The molecule has 0 amide bonds. The van der Waals surface area contributed by atoms with Gasteiger partial charge in [0, 0.05) is 12.5 Å². The van der Waals surface area contributed by atoms with E-state index in [1.54, 1.807) is 0 Å². The van der Waals surface area contributed by atoms with E-state index in [0.717, 1.165) is 13.2 Å². The monoisotopic (exact) mass is 142 g/mol. The first-order valence-electron chi connectivity index (χ1n) is 4.11. The number of hydrogen-bond donors (Lipinski definition) is 0. The Morgan fingerprint density at radius 2 is 2.20 bits per heavy atom. The van der Waals surface area contributed by atoms with E-state index in [-0.39, 0.29) is 6.29 Å². The van der Waals surface area contributed by atoms with Gasteiger partial charge in [0.2, 0.25) is 0 Å². The first-order valence-corrected chi connectivity index (χ1v) is 4.11. The van der Waals surface area contributed by atoms with E-state index in [1.165, 1.54) is 12.8 Å². The van der Waals surface area contributed by atoms with Crippen LogP contribution in [0.2, 0.25) is 0 Å². The highest BCUT2D eigenvalue weighted by atomic mass is 16.7. The molecular formula is C8H14O2. The van der Waals surface area contributed by atoms with Crippen LogP contribution in [0.15, 0.2) is 0 Å². The lowest BCUT2D eigenvalue weighted by atomic mass is 9.91. The molecule has 2 heteroatoms. The van der Waals surface area contributed by atoms with Gasteiger partial charge in [-0.15, -0.1) is 0 Å². The molecule has 2 nitrogen and oxygen atoms in total. The lowest BCUT2D eigenvalue weighted by Gasteiger charge is -2.25. The Morgan fingerprint density at radius 3 is 3.00 bits per heavy atom. The van der Waals surface area contributed by atoms with Crippen LogP contribution in [0.4, 0.5) is 0 Å². The molecule has 0 bridgehead atoms. The molecule has 0 aromatic carbocycles. The minimum atomic E-state index is 0.142. The molecule has 2 aliphatic rings. The van der Waals surface area contributed by atoms with Crippen molar-refractivity contribution in [3.05, 3.63) is 0 Å². The first kappa shape index (κ1) is 6.62. The fraction of sp³-hybridized carbons (Fsp3) is 1.00. The second-order valence-corrected chi connectivity index (χ2v) is 3.36. The largest absolute Gasteiger partial charge is 0.352 e. The Balaban J connectivity index is 2.01. The van der Waals surface area contributed by atoms with E-state index in [1.807, 2.05) is 0 Å². The molecule has 2 aliphatic heterocycles. The predicted octanol–water partition coefficient (Wildman–Crippen LogP) is 1.41. The third-order valence-corrected chi connectivity index (χ3v) is 2.57. The molecule has 0 aromatic rings. The fourth-order valence-corrected chi connectivity index (χ4v) is 1.87. The molecule has 2 heterocycles. The van der Waals surface area contributed by atoms with Crippen molar-refractivity contribution in [3.8, 4) is 0 Å². The van der Waals surface area contributed by atoms with E-state index in [4.69, 9.17) is 9.47 Å². The van der Waals surface area contributed by atoms with Crippen molar-refractivity contribution in [2.24, 2.45) is 11.8 Å². The summed E-state index contributed by atoms with van der Waals surface area (Å²) >= 11 is 0. The molecule has 10 heavy (non-hydrogen) atoms. The van der Waals surface area contributed by atoms with Crippen LogP contribution in [-0.4, -0.2) is 19.5 Å². The van der Waals surface area contributed by atoms with Gasteiger partial charge in [0.1, 0.15) is 0 Å². The lowest BCUT2D eigenvalue weighted by Crippen LogP contribution is -2.27. The molecule has 0 unspecified atom stereocenters. The lowest BCUT2D eigenvalue weighted by molar-refractivity contribution is -0.151. The van der Waals surface area contributed by atoms with Crippen LogP contribution in [0, 0.1) is 11.8 Å².